The summed E-state index contributed by atoms with van der Waals surface area (Å²) < 4.78 is 10.9. The van der Waals surface area contributed by atoms with Crippen LogP contribution in [0.25, 0.3) is 11.4 Å². The van der Waals surface area contributed by atoms with Gasteiger partial charge in [0.25, 0.3) is 5.91 Å². The molecular weight excluding hydrogens is 354 g/mol. The van der Waals surface area contributed by atoms with Crippen LogP contribution in [0.15, 0.2) is 53.1 Å². The minimum absolute atomic E-state index is 0.0837. The molecule has 0 radical (unpaired) electrons. The lowest BCUT2D eigenvalue weighted by Crippen LogP contribution is -2.30. The van der Waals surface area contributed by atoms with E-state index in [0.717, 1.165) is 17.7 Å². The molecule has 0 aliphatic rings. The van der Waals surface area contributed by atoms with E-state index in [4.69, 9.17) is 9.26 Å². The van der Waals surface area contributed by atoms with Gasteiger partial charge in [-0.1, -0.05) is 41.9 Å². The largest absolute Gasteiger partial charge is 0.494 e. The van der Waals surface area contributed by atoms with E-state index >= 15 is 0 Å². The molecule has 0 aliphatic carbocycles. The molecule has 3 rings (SSSR count). The van der Waals surface area contributed by atoms with Crippen LogP contribution in [0.1, 0.15) is 42.1 Å². The highest BCUT2D eigenvalue weighted by Crippen LogP contribution is 2.18. The van der Waals surface area contributed by atoms with E-state index in [0.29, 0.717) is 30.4 Å². The number of ether oxygens (including phenoxy) is 1. The van der Waals surface area contributed by atoms with Gasteiger partial charge in [0.15, 0.2) is 0 Å². The predicted molar refractivity (Wildman–Crippen MR) is 107 cm³/mol. The van der Waals surface area contributed by atoms with Gasteiger partial charge in [-0.15, -0.1) is 0 Å². The number of amides is 1. The molecule has 0 bridgehead atoms. The molecule has 0 aliphatic heterocycles. The van der Waals surface area contributed by atoms with E-state index in [-0.39, 0.29) is 12.5 Å². The van der Waals surface area contributed by atoms with Crippen molar-refractivity contribution in [3.63, 3.8) is 0 Å². The first-order chi connectivity index (χ1) is 13.6. The van der Waals surface area contributed by atoms with Crippen molar-refractivity contribution >= 4 is 5.91 Å². The minimum Gasteiger partial charge on any atom is -0.494 e. The first-order valence-electron chi connectivity index (χ1n) is 9.52. The van der Waals surface area contributed by atoms with Crippen LogP contribution in [0, 0.1) is 6.92 Å². The molecule has 6 nitrogen and oxygen atoms in total. The van der Waals surface area contributed by atoms with Crippen LogP contribution in [0.2, 0.25) is 0 Å². The fourth-order valence-corrected chi connectivity index (χ4v) is 2.73. The minimum atomic E-state index is -0.0837. The number of aryl methyl sites for hydroxylation is 1. The third kappa shape index (κ3) is 4.76. The molecule has 146 valence electrons. The number of hydrogen-bond donors (Lipinski definition) is 0. The summed E-state index contributed by atoms with van der Waals surface area (Å²) in [6.45, 7) is 7.47. The number of rotatable bonds is 8. The molecule has 6 heteroatoms. The maximum Gasteiger partial charge on any atom is 0.254 e. The molecule has 0 fully saturated rings. The van der Waals surface area contributed by atoms with Gasteiger partial charge >= 0.3 is 0 Å². The smallest absolute Gasteiger partial charge is 0.254 e. The quantitative estimate of drug-likeness (QED) is 0.576. The molecule has 0 saturated heterocycles. The zero-order valence-corrected chi connectivity index (χ0v) is 16.5. The number of hydrogen-bond acceptors (Lipinski definition) is 5. The van der Waals surface area contributed by atoms with Gasteiger partial charge in [-0.05, 0) is 44.5 Å². The van der Waals surface area contributed by atoms with Gasteiger partial charge in [0, 0.05) is 17.7 Å². The van der Waals surface area contributed by atoms with Crippen molar-refractivity contribution in [1.82, 2.24) is 15.0 Å². The summed E-state index contributed by atoms with van der Waals surface area (Å²) in [5.74, 6) is 1.62. The van der Waals surface area contributed by atoms with Crippen molar-refractivity contribution in [2.24, 2.45) is 0 Å². The van der Waals surface area contributed by atoms with Crippen LogP contribution in [0.3, 0.4) is 0 Å². The van der Waals surface area contributed by atoms with Crippen LogP contribution in [0.5, 0.6) is 5.75 Å². The Hall–Kier alpha value is -3.15. The summed E-state index contributed by atoms with van der Waals surface area (Å²) >= 11 is 0. The summed E-state index contributed by atoms with van der Waals surface area (Å²) in [5.41, 5.74) is 2.66. The zero-order chi connectivity index (χ0) is 19.9. The van der Waals surface area contributed by atoms with Gasteiger partial charge in [0.1, 0.15) is 12.3 Å². The third-order valence-corrected chi connectivity index (χ3v) is 4.35. The molecule has 1 amide bonds. The Morgan fingerprint density at radius 3 is 2.43 bits per heavy atom. The number of carbonyl (C=O) groups excluding carboxylic acids is 1. The van der Waals surface area contributed by atoms with E-state index < -0.39 is 0 Å². The molecule has 0 unspecified atom stereocenters. The van der Waals surface area contributed by atoms with E-state index in [2.05, 4.69) is 17.1 Å². The third-order valence-electron chi connectivity index (χ3n) is 4.35. The van der Waals surface area contributed by atoms with Crippen molar-refractivity contribution in [3.8, 4) is 17.1 Å². The summed E-state index contributed by atoms with van der Waals surface area (Å²) in [4.78, 5) is 18.9. The average Bonchev–Trinajstić information content (AvgIpc) is 3.19. The Balaban J connectivity index is 1.68. The van der Waals surface area contributed by atoms with E-state index in [1.807, 2.05) is 50.2 Å². The average molecular weight is 379 g/mol. The Kier molecular flexibility index (Phi) is 6.42. The van der Waals surface area contributed by atoms with Gasteiger partial charge in [0.05, 0.1) is 6.61 Å². The molecule has 0 saturated carbocycles. The first-order valence-corrected chi connectivity index (χ1v) is 9.52. The van der Waals surface area contributed by atoms with Crippen LogP contribution in [-0.4, -0.2) is 34.1 Å². The first kappa shape index (κ1) is 19.6. The molecule has 0 atom stereocenters. The maximum atomic E-state index is 12.8. The molecule has 3 aromatic rings. The molecule has 1 heterocycles. The highest BCUT2D eigenvalue weighted by molar-refractivity contribution is 5.94. The lowest BCUT2D eigenvalue weighted by atomic mass is 10.1. The summed E-state index contributed by atoms with van der Waals surface area (Å²) in [6.07, 6.45) is 0.944. The fourth-order valence-electron chi connectivity index (χ4n) is 2.73. The van der Waals surface area contributed by atoms with E-state index in [9.17, 15) is 4.79 Å². The second-order valence-corrected chi connectivity index (χ2v) is 6.57. The topological polar surface area (TPSA) is 68.5 Å². The molecule has 0 spiro atoms. The van der Waals surface area contributed by atoms with Crippen molar-refractivity contribution in [2.75, 3.05) is 13.2 Å². The van der Waals surface area contributed by atoms with Gasteiger partial charge in [-0.2, -0.15) is 4.98 Å². The molecular formula is C22H25N3O3. The molecule has 2 aromatic carbocycles. The summed E-state index contributed by atoms with van der Waals surface area (Å²) in [6, 6.07) is 15.1. The molecule has 28 heavy (non-hydrogen) atoms. The maximum absolute atomic E-state index is 12.8. The normalized spacial score (nSPS) is 10.7. The van der Waals surface area contributed by atoms with Crippen LogP contribution in [-0.2, 0) is 6.54 Å². The Morgan fingerprint density at radius 2 is 1.79 bits per heavy atom. The second kappa shape index (κ2) is 9.17. The Labute approximate surface area is 165 Å². The summed E-state index contributed by atoms with van der Waals surface area (Å²) in [5, 5.41) is 4.04. The van der Waals surface area contributed by atoms with E-state index in [1.165, 1.54) is 5.56 Å². The van der Waals surface area contributed by atoms with Gasteiger partial charge in [-0.25, -0.2) is 0 Å². The fraction of sp³-hybridized carbons (Fsp3) is 0.318. The van der Waals surface area contributed by atoms with Crippen LogP contribution < -0.4 is 4.74 Å². The zero-order valence-electron chi connectivity index (χ0n) is 16.5. The molecule has 1 aromatic heterocycles. The Morgan fingerprint density at radius 1 is 1.07 bits per heavy atom. The molecule has 0 N–H and O–H groups in total. The van der Waals surface area contributed by atoms with Crippen molar-refractivity contribution < 1.29 is 14.1 Å². The number of carbonyl (C=O) groups is 1. The van der Waals surface area contributed by atoms with Gasteiger partial charge in [0.2, 0.25) is 11.7 Å². The second-order valence-electron chi connectivity index (χ2n) is 6.57. The van der Waals surface area contributed by atoms with E-state index in [1.54, 1.807) is 17.0 Å². The number of benzene rings is 2. The van der Waals surface area contributed by atoms with Crippen molar-refractivity contribution in [2.45, 2.75) is 33.7 Å². The van der Waals surface area contributed by atoms with Crippen molar-refractivity contribution in [3.05, 3.63) is 65.5 Å². The monoisotopic (exact) mass is 379 g/mol. The standard InChI is InChI=1S/C22H25N3O3/c1-4-14-27-19-12-10-18(11-13-19)22(26)25(5-2)15-20-23-21(24-28-20)17-8-6-16(3)7-9-17/h6-13H,4-5,14-15H2,1-3H3. The number of aromatic nitrogens is 2. The SMILES string of the molecule is CCCOc1ccc(C(=O)N(CC)Cc2nc(-c3ccc(C)cc3)no2)cc1. The highest BCUT2D eigenvalue weighted by atomic mass is 16.5. The van der Waals surface area contributed by atoms with Crippen LogP contribution in [0.4, 0.5) is 0 Å². The summed E-state index contributed by atoms with van der Waals surface area (Å²) in [7, 11) is 0. The van der Waals surface area contributed by atoms with Gasteiger partial charge < -0.3 is 14.2 Å². The lowest BCUT2D eigenvalue weighted by molar-refractivity contribution is 0.0734. The predicted octanol–water partition coefficient (Wildman–Crippen LogP) is 4.50. The van der Waals surface area contributed by atoms with Crippen molar-refractivity contribution in [1.29, 1.82) is 0 Å². The van der Waals surface area contributed by atoms with Crippen LogP contribution >= 0.6 is 0 Å². The highest BCUT2D eigenvalue weighted by Gasteiger charge is 2.18. The van der Waals surface area contributed by atoms with Gasteiger partial charge in [-0.3, -0.25) is 4.79 Å². The lowest BCUT2D eigenvalue weighted by Gasteiger charge is -2.19. The Bertz CT molecular complexity index is 902. The number of nitrogens with zero attached hydrogens (tertiary/aromatic N) is 3.